The maximum atomic E-state index is 11.4. The smallest absolute Gasteiger partial charge is 0.352 e. The monoisotopic (exact) mass is 334 g/mol. The molecule has 1 aliphatic heterocycles. The van der Waals surface area contributed by atoms with E-state index in [1.54, 1.807) is 35.0 Å². The molecule has 3 aromatic rings. The summed E-state index contributed by atoms with van der Waals surface area (Å²) >= 11 is 0. The summed E-state index contributed by atoms with van der Waals surface area (Å²) in [4.78, 5) is 15.9. The third-order valence-electron chi connectivity index (χ3n) is 3.96. The van der Waals surface area contributed by atoms with E-state index in [0.717, 1.165) is 11.1 Å². The van der Waals surface area contributed by atoms with E-state index < -0.39 is 12.0 Å². The van der Waals surface area contributed by atoms with Crippen molar-refractivity contribution < 1.29 is 15.0 Å². The number of anilines is 1. The summed E-state index contributed by atoms with van der Waals surface area (Å²) in [5, 5.41) is 26.2. The van der Waals surface area contributed by atoms with Gasteiger partial charge in [0.2, 0.25) is 5.95 Å². The molecule has 0 fully saturated rings. The van der Waals surface area contributed by atoms with Crippen LogP contribution in [0.25, 0.3) is 11.4 Å². The van der Waals surface area contributed by atoms with E-state index in [9.17, 15) is 15.0 Å². The number of carbonyl (C=O) groups is 1. The van der Waals surface area contributed by atoms with Gasteiger partial charge in [0.15, 0.2) is 5.82 Å². The quantitative estimate of drug-likeness (QED) is 0.681. The number of hydrogen-bond acceptors (Lipinski definition) is 5. The molecule has 1 aliphatic rings. The molecule has 4 rings (SSSR count). The van der Waals surface area contributed by atoms with Gasteiger partial charge >= 0.3 is 5.97 Å². The fraction of sp³-hybridized carbons (Fsp3) is 0.0556. The molecule has 2 aromatic carbocycles. The molecule has 7 heteroatoms. The average molecular weight is 334 g/mol. The van der Waals surface area contributed by atoms with Crippen LogP contribution in [0.3, 0.4) is 0 Å². The maximum absolute atomic E-state index is 11.4. The minimum Gasteiger partial charge on any atom is -0.508 e. The molecule has 1 atom stereocenters. The Labute approximate surface area is 142 Å². The molecule has 7 nitrogen and oxygen atoms in total. The molecule has 0 aliphatic carbocycles. The molecular formula is C18H14N4O3. The zero-order valence-corrected chi connectivity index (χ0v) is 13.0. The maximum Gasteiger partial charge on any atom is 0.352 e. The van der Waals surface area contributed by atoms with Gasteiger partial charge in [-0.3, -0.25) is 0 Å². The number of fused-ring (bicyclic) bond motifs is 1. The van der Waals surface area contributed by atoms with Crippen LogP contribution < -0.4 is 5.32 Å². The van der Waals surface area contributed by atoms with Crippen LogP contribution in [0.15, 0.2) is 66.4 Å². The van der Waals surface area contributed by atoms with Crippen molar-refractivity contribution >= 4 is 11.9 Å². The number of phenols is 1. The zero-order valence-electron chi connectivity index (χ0n) is 13.0. The molecule has 25 heavy (non-hydrogen) atoms. The molecule has 1 unspecified atom stereocenters. The summed E-state index contributed by atoms with van der Waals surface area (Å²) in [5.74, 6) is -0.0630. The number of nitrogens with zero attached hydrogens (tertiary/aromatic N) is 3. The summed E-state index contributed by atoms with van der Waals surface area (Å²) in [6, 6.07) is 15.6. The Morgan fingerprint density at radius 2 is 1.80 bits per heavy atom. The van der Waals surface area contributed by atoms with Crippen LogP contribution >= 0.6 is 0 Å². The van der Waals surface area contributed by atoms with Crippen LogP contribution in [0.5, 0.6) is 5.75 Å². The Balaban J connectivity index is 1.82. The first-order valence-electron chi connectivity index (χ1n) is 7.65. The molecule has 124 valence electrons. The van der Waals surface area contributed by atoms with E-state index in [1.807, 2.05) is 30.3 Å². The van der Waals surface area contributed by atoms with Crippen LogP contribution in [-0.4, -0.2) is 30.9 Å². The molecule has 0 saturated heterocycles. The summed E-state index contributed by atoms with van der Waals surface area (Å²) < 4.78 is 1.64. The third-order valence-corrected chi connectivity index (χ3v) is 3.96. The Kier molecular flexibility index (Phi) is 3.46. The summed E-state index contributed by atoms with van der Waals surface area (Å²) in [7, 11) is 0. The molecule has 0 radical (unpaired) electrons. The number of carboxylic acid groups (broad SMARTS) is 1. The van der Waals surface area contributed by atoms with Gasteiger partial charge in [-0.1, -0.05) is 42.5 Å². The average Bonchev–Trinajstić information content (AvgIpc) is 3.06. The number of phenolic OH excluding ortho intramolecular Hbond substituents is 1. The van der Waals surface area contributed by atoms with Gasteiger partial charge in [0.25, 0.3) is 0 Å². The second kappa shape index (κ2) is 5.79. The van der Waals surface area contributed by atoms with Crippen molar-refractivity contribution in [3.63, 3.8) is 0 Å². The zero-order chi connectivity index (χ0) is 17.4. The van der Waals surface area contributed by atoms with E-state index in [2.05, 4.69) is 15.4 Å². The predicted octanol–water partition coefficient (Wildman–Crippen LogP) is 2.63. The van der Waals surface area contributed by atoms with Crippen LogP contribution in [-0.2, 0) is 4.79 Å². The highest BCUT2D eigenvalue weighted by molar-refractivity contribution is 5.90. The highest BCUT2D eigenvalue weighted by Crippen LogP contribution is 2.31. The van der Waals surface area contributed by atoms with E-state index in [0.29, 0.717) is 11.8 Å². The van der Waals surface area contributed by atoms with Gasteiger partial charge in [-0.2, -0.15) is 4.98 Å². The number of aliphatic carboxylic acids is 1. The topological polar surface area (TPSA) is 100 Å². The fourth-order valence-electron chi connectivity index (χ4n) is 2.74. The van der Waals surface area contributed by atoms with Gasteiger partial charge in [0.05, 0.1) is 0 Å². The molecule has 0 bridgehead atoms. The van der Waals surface area contributed by atoms with Crippen molar-refractivity contribution in [2.75, 3.05) is 5.32 Å². The van der Waals surface area contributed by atoms with Crippen LogP contribution in [0.1, 0.15) is 11.6 Å². The highest BCUT2D eigenvalue weighted by Gasteiger charge is 2.27. The Hall–Kier alpha value is -3.61. The second-order valence-corrected chi connectivity index (χ2v) is 5.62. The van der Waals surface area contributed by atoms with E-state index >= 15 is 0 Å². The second-order valence-electron chi connectivity index (χ2n) is 5.62. The van der Waals surface area contributed by atoms with Gasteiger partial charge in [0, 0.05) is 5.56 Å². The first kappa shape index (κ1) is 14.9. The fourth-order valence-corrected chi connectivity index (χ4v) is 2.74. The van der Waals surface area contributed by atoms with Crippen molar-refractivity contribution in [2.45, 2.75) is 6.04 Å². The summed E-state index contributed by atoms with van der Waals surface area (Å²) in [6.07, 6.45) is 1.57. The minimum atomic E-state index is -1.07. The van der Waals surface area contributed by atoms with Crippen molar-refractivity contribution in [1.29, 1.82) is 0 Å². The molecule has 1 aromatic heterocycles. The van der Waals surface area contributed by atoms with Crippen molar-refractivity contribution in [3.8, 4) is 17.1 Å². The standard InChI is InChI=1S/C18H14N4O3/c23-13-8-6-11(7-9-13)15-10-14(17(24)25)19-18-20-16(21-22(15)18)12-4-2-1-3-5-12/h1-10,15,23H,(H,24,25)(H,19,20,21). The van der Waals surface area contributed by atoms with Crippen molar-refractivity contribution in [1.82, 2.24) is 14.8 Å². The summed E-state index contributed by atoms with van der Waals surface area (Å²) in [5.41, 5.74) is 1.67. The summed E-state index contributed by atoms with van der Waals surface area (Å²) in [6.45, 7) is 0. The molecule has 2 heterocycles. The minimum absolute atomic E-state index is 0.0394. The predicted molar refractivity (Wildman–Crippen MR) is 91.0 cm³/mol. The Morgan fingerprint density at radius 3 is 2.48 bits per heavy atom. The SMILES string of the molecule is O=C(O)C1=CC(c2ccc(O)cc2)n2nc(-c3ccccc3)nc2N1. The van der Waals surface area contributed by atoms with Crippen LogP contribution in [0, 0.1) is 0 Å². The molecular weight excluding hydrogens is 320 g/mol. The number of carboxylic acids is 1. The third kappa shape index (κ3) is 2.72. The largest absolute Gasteiger partial charge is 0.508 e. The lowest BCUT2D eigenvalue weighted by molar-refractivity contribution is -0.132. The Morgan fingerprint density at radius 1 is 1.08 bits per heavy atom. The van der Waals surface area contributed by atoms with E-state index in [1.165, 1.54) is 0 Å². The van der Waals surface area contributed by atoms with Crippen molar-refractivity contribution in [3.05, 3.63) is 71.9 Å². The van der Waals surface area contributed by atoms with Gasteiger partial charge < -0.3 is 15.5 Å². The van der Waals surface area contributed by atoms with Gasteiger partial charge in [-0.05, 0) is 23.8 Å². The molecule has 3 N–H and O–H groups in total. The first-order valence-corrected chi connectivity index (χ1v) is 7.65. The van der Waals surface area contributed by atoms with Gasteiger partial charge in [0.1, 0.15) is 17.5 Å². The number of allylic oxidation sites excluding steroid dienone is 1. The number of benzene rings is 2. The number of nitrogens with one attached hydrogen (secondary N) is 1. The lowest BCUT2D eigenvalue weighted by atomic mass is 10.0. The first-order chi connectivity index (χ1) is 12.1. The number of aromatic hydroxyl groups is 1. The van der Waals surface area contributed by atoms with Gasteiger partial charge in [-0.25, -0.2) is 9.48 Å². The molecule has 0 amide bonds. The molecule has 0 saturated carbocycles. The van der Waals surface area contributed by atoms with Crippen LogP contribution in [0.2, 0.25) is 0 Å². The normalized spacial score (nSPS) is 15.8. The van der Waals surface area contributed by atoms with E-state index in [-0.39, 0.29) is 11.4 Å². The number of rotatable bonds is 3. The highest BCUT2D eigenvalue weighted by atomic mass is 16.4. The van der Waals surface area contributed by atoms with Crippen molar-refractivity contribution in [2.24, 2.45) is 0 Å². The lowest BCUT2D eigenvalue weighted by Gasteiger charge is -2.22. The van der Waals surface area contributed by atoms with E-state index in [4.69, 9.17) is 0 Å². The molecule has 0 spiro atoms. The van der Waals surface area contributed by atoms with Gasteiger partial charge in [-0.15, -0.1) is 5.10 Å². The van der Waals surface area contributed by atoms with Crippen LogP contribution in [0.4, 0.5) is 5.95 Å². The number of hydrogen-bond donors (Lipinski definition) is 3. The Bertz CT molecular complexity index is 962. The lowest BCUT2D eigenvalue weighted by Crippen LogP contribution is -2.24. The number of aromatic nitrogens is 3.